The van der Waals surface area contributed by atoms with E-state index < -0.39 is 5.41 Å². The Hall–Kier alpha value is -1.59. The summed E-state index contributed by atoms with van der Waals surface area (Å²) in [5, 5.41) is 0. The van der Waals surface area contributed by atoms with E-state index in [4.69, 9.17) is 10.6 Å². The van der Waals surface area contributed by atoms with Gasteiger partial charge in [0.1, 0.15) is 5.75 Å². The van der Waals surface area contributed by atoms with Gasteiger partial charge in [0.05, 0.1) is 12.5 Å². The number of rotatable bonds is 7. The van der Waals surface area contributed by atoms with Crippen molar-refractivity contribution in [1.82, 2.24) is 10.3 Å². The van der Waals surface area contributed by atoms with Crippen LogP contribution in [0.4, 0.5) is 0 Å². The Morgan fingerprint density at radius 2 is 2.05 bits per heavy atom. The Bertz CT molecular complexity index is 474. The van der Waals surface area contributed by atoms with Crippen LogP contribution >= 0.6 is 0 Å². The molecule has 0 heterocycles. The molecule has 5 nitrogen and oxygen atoms in total. The summed E-state index contributed by atoms with van der Waals surface area (Å²) in [7, 11) is 3.70. The van der Waals surface area contributed by atoms with Gasteiger partial charge in [-0.3, -0.25) is 10.2 Å². The number of methoxy groups -OCH3 is 1. The number of hydrogen-bond acceptors (Lipinski definition) is 4. The molecule has 3 N–H and O–H groups in total. The number of carbonyl (C=O) groups is 1. The van der Waals surface area contributed by atoms with Gasteiger partial charge in [0.15, 0.2) is 0 Å². The first-order valence-corrected chi connectivity index (χ1v) is 7.15. The zero-order valence-electron chi connectivity index (χ0n) is 13.6. The van der Waals surface area contributed by atoms with Crippen LogP contribution in [-0.4, -0.2) is 37.6 Å². The van der Waals surface area contributed by atoms with Crippen molar-refractivity contribution >= 4 is 5.91 Å². The number of para-hydroxylation sites is 1. The van der Waals surface area contributed by atoms with Crippen LogP contribution < -0.4 is 16.0 Å². The molecule has 0 saturated carbocycles. The monoisotopic (exact) mass is 293 g/mol. The van der Waals surface area contributed by atoms with E-state index in [-0.39, 0.29) is 11.9 Å². The van der Waals surface area contributed by atoms with Gasteiger partial charge < -0.3 is 9.64 Å². The predicted octanol–water partition coefficient (Wildman–Crippen LogP) is 1.57. The molecule has 0 aliphatic rings. The fraction of sp³-hybridized carbons (Fsp3) is 0.562. The zero-order valence-corrected chi connectivity index (χ0v) is 13.6. The van der Waals surface area contributed by atoms with Gasteiger partial charge in [-0.05, 0) is 45.9 Å². The third-order valence-corrected chi connectivity index (χ3v) is 3.85. The molecule has 0 radical (unpaired) electrons. The third-order valence-electron chi connectivity index (χ3n) is 3.85. The second kappa shape index (κ2) is 7.43. The molecule has 118 valence electrons. The average molecular weight is 293 g/mol. The number of nitrogens with two attached hydrogens (primary N) is 1. The van der Waals surface area contributed by atoms with Crippen LogP contribution in [0.2, 0.25) is 0 Å². The van der Waals surface area contributed by atoms with Crippen molar-refractivity contribution in [3.05, 3.63) is 29.8 Å². The Balaban J connectivity index is 2.71. The van der Waals surface area contributed by atoms with Crippen molar-refractivity contribution in [2.75, 3.05) is 20.7 Å². The Morgan fingerprint density at radius 3 is 2.62 bits per heavy atom. The molecule has 0 fully saturated rings. The van der Waals surface area contributed by atoms with E-state index in [1.807, 2.05) is 39.1 Å². The lowest BCUT2D eigenvalue weighted by molar-refractivity contribution is -0.130. The van der Waals surface area contributed by atoms with Crippen LogP contribution in [0.3, 0.4) is 0 Å². The number of nitrogens with zero attached hydrogens (tertiary/aromatic N) is 1. The molecule has 0 spiro atoms. The lowest BCUT2D eigenvalue weighted by Crippen LogP contribution is -2.48. The molecule has 21 heavy (non-hydrogen) atoms. The predicted molar refractivity (Wildman–Crippen MR) is 84.9 cm³/mol. The van der Waals surface area contributed by atoms with Crippen molar-refractivity contribution in [2.24, 2.45) is 11.3 Å². The topological polar surface area (TPSA) is 67.6 Å². The molecule has 5 heteroatoms. The highest BCUT2D eigenvalue weighted by molar-refractivity contribution is 5.81. The van der Waals surface area contributed by atoms with Crippen LogP contribution in [0.15, 0.2) is 24.3 Å². The van der Waals surface area contributed by atoms with Crippen LogP contribution in [-0.2, 0) is 11.2 Å². The van der Waals surface area contributed by atoms with Crippen molar-refractivity contribution in [2.45, 2.75) is 33.2 Å². The van der Waals surface area contributed by atoms with Crippen molar-refractivity contribution < 1.29 is 9.53 Å². The average Bonchev–Trinajstić information content (AvgIpc) is 2.46. The minimum atomic E-state index is -0.529. The summed E-state index contributed by atoms with van der Waals surface area (Å²) in [6.45, 7) is 6.55. The number of nitrogens with one attached hydrogen (secondary N) is 1. The summed E-state index contributed by atoms with van der Waals surface area (Å²) >= 11 is 0. The van der Waals surface area contributed by atoms with Gasteiger partial charge in [0.25, 0.3) is 0 Å². The molecule has 0 bridgehead atoms. The Morgan fingerprint density at radius 1 is 1.43 bits per heavy atom. The van der Waals surface area contributed by atoms with Crippen LogP contribution in [0.25, 0.3) is 0 Å². The van der Waals surface area contributed by atoms with E-state index in [0.29, 0.717) is 6.54 Å². The van der Waals surface area contributed by atoms with Gasteiger partial charge >= 0.3 is 0 Å². The highest BCUT2D eigenvalue weighted by Crippen LogP contribution is 2.22. The molecule has 1 unspecified atom stereocenters. The number of benzene rings is 1. The Kier molecular flexibility index (Phi) is 6.18. The zero-order chi connectivity index (χ0) is 16.0. The maximum absolute atomic E-state index is 11.8. The second-order valence-corrected chi connectivity index (χ2v) is 6.14. The quantitative estimate of drug-likeness (QED) is 0.455. The van der Waals surface area contributed by atoms with Gasteiger partial charge in [-0.15, -0.1) is 0 Å². The molecule has 0 aliphatic carbocycles. The summed E-state index contributed by atoms with van der Waals surface area (Å²) in [4.78, 5) is 13.9. The summed E-state index contributed by atoms with van der Waals surface area (Å²) in [5.74, 6) is 5.98. The maximum Gasteiger partial charge on any atom is 0.240 e. The molecule has 1 aromatic rings. The Labute approximate surface area is 127 Å². The highest BCUT2D eigenvalue weighted by Gasteiger charge is 2.29. The van der Waals surface area contributed by atoms with Gasteiger partial charge in [-0.2, -0.15) is 0 Å². The van der Waals surface area contributed by atoms with Gasteiger partial charge in [-0.1, -0.05) is 18.2 Å². The summed E-state index contributed by atoms with van der Waals surface area (Å²) in [6, 6.07) is 8.29. The van der Waals surface area contributed by atoms with E-state index in [1.165, 1.54) is 5.56 Å². The molecule has 1 amide bonds. The second-order valence-electron chi connectivity index (χ2n) is 6.14. The van der Waals surface area contributed by atoms with E-state index in [9.17, 15) is 4.79 Å². The number of carbonyl (C=O) groups excluding carboxylic acids is 1. The van der Waals surface area contributed by atoms with Crippen LogP contribution in [0.1, 0.15) is 26.3 Å². The number of ether oxygens (including phenoxy) is 1. The van der Waals surface area contributed by atoms with Crippen LogP contribution in [0.5, 0.6) is 5.75 Å². The summed E-state index contributed by atoms with van der Waals surface area (Å²) in [5.41, 5.74) is 2.87. The van der Waals surface area contributed by atoms with Crippen molar-refractivity contribution in [3.63, 3.8) is 0 Å². The van der Waals surface area contributed by atoms with E-state index in [1.54, 1.807) is 7.11 Å². The number of likely N-dealkylation sites (N-methyl/N-ethyl adjacent to an activating group) is 1. The SMILES string of the molecule is COc1ccccc1CC(C)N(C)CC(C)(C)C(=O)NN. The first-order chi connectivity index (χ1) is 9.81. The molecular weight excluding hydrogens is 266 g/mol. The van der Waals surface area contributed by atoms with Gasteiger partial charge in [-0.25, -0.2) is 5.84 Å². The molecule has 0 saturated heterocycles. The van der Waals surface area contributed by atoms with Gasteiger partial charge in [0.2, 0.25) is 5.91 Å². The summed E-state index contributed by atoms with van der Waals surface area (Å²) < 4.78 is 5.38. The molecule has 1 rings (SSSR count). The summed E-state index contributed by atoms with van der Waals surface area (Å²) in [6.07, 6.45) is 0.862. The minimum Gasteiger partial charge on any atom is -0.496 e. The molecule has 0 aromatic heterocycles. The van der Waals surface area contributed by atoms with E-state index in [2.05, 4.69) is 23.3 Å². The molecule has 0 aliphatic heterocycles. The largest absolute Gasteiger partial charge is 0.496 e. The van der Waals surface area contributed by atoms with Crippen molar-refractivity contribution in [3.8, 4) is 5.75 Å². The van der Waals surface area contributed by atoms with Crippen molar-refractivity contribution in [1.29, 1.82) is 0 Å². The van der Waals surface area contributed by atoms with Crippen LogP contribution in [0, 0.1) is 5.41 Å². The fourth-order valence-electron chi connectivity index (χ4n) is 2.39. The van der Waals surface area contributed by atoms with E-state index in [0.717, 1.165) is 12.2 Å². The highest BCUT2D eigenvalue weighted by atomic mass is 16.5. The first-order valence-electron chi connectivity index (χ1n) is 7.15. The van der Waals surface area contributed by atoms with Gasteiger partial charge in [0, 0.05) is 12.6 Å². The van der Waals surface area contributed by atoms with E-state index >= 15 is 0 Å². The first kappa shape index (κ1) is 17.5. The molecule has 1 aromatic carbocycles. The lowest BCUT2D eigenvalue weighted by Gasteiger charge is -2.32. The number of hydrazine groups is 1. The maximum atomic E-state index is 11.8. The fourth-order valence-corrected chi connectivity index (χ4v) is 2.39. The molecule has 1 atom stereocenters. The number of hydrogen-bond donors (Lipinski definition) is 2. The minimum absolute atomic E-state index is 0.154. The lowest BCUT2D eigenvalue weighted by atomic mass is 9.91. The third kappa shape index (κ3) is 4.72. The smallest absolute Gasteiger partial charge is 0.240 e. The standard InChI is InChI=1S/C16H27N3O2/c1-12(10-13-8-6-7-9-14(13)21-5)19(4)11-16(2,3)15(20)18-17/h6-9,12H,10-11,17H2,1-5H3,(H,18,20). The molecular formula is C16H27N3O2. The number of amides is 1. The normalized spacial score (nSPS) is 13.1.